The summed E-state index contributed by atoms with van der Waals surface area (Å²) >= 11 is 0. The van der Waals surface area contributed by atoms with E-state index in [9.17, 15) is 4.79 Å². The summed E-state index contributed by atoms with van der Waals surface area (Å²) < 4.78 is 5.09. The number of hydrogen-bond acceptors (Lipinski definition) is 2. The number of amides is 1. The highest BCUT2D eigenvalue weighted by molar-refractivity contribution is 5.92. The van der Waals surface area contributed by atoms with Gasteiger partial charge in [-0.1, -0.05) is 26.3 Å². The number of carbonyl (C=O) groups is 1. The summed E-state index contributed by atoms with van der Waals surface area (Å²) in [5, 5.41) is 2.88. The van der Waals surface area contributed by atoms with E-state index >= 15 is 0 Å². The fourth-order valence-electron chi connectivity index (χ4n) is 1.53. The maximum atomic E-state index is 11.8. The zero-order chi connectivity index (χ0) is 12.0. The van der Waals surface area contributed by atoms with Gasteiger partial charge in [-0.15, -0.1) is 0 Å². The van der Waals surface area contributed by atoms with Crippen molar-refractivity contribution in [3.63, 3.8) is 0 Å². The fourth-order valence-corrected chi connectivity index (χ4v) is 1.53. The van der Waals surface area contributed by atoms with E-state index < -0.39 is 0 Å². The minimum Gasteiger partial charge on any atom is -0.497 e. The Morgan fingerprint density at radius 3 is 2.88 bits per heavy atom. The first-order valence-corrected chi connectivity index (χ1v) is 5.62. The lowest BCUT2D eigenvalue weighted by atomic mass is 10.1. The summed E-state index contributed by atoms with van der Waals surface area (Å²) in [6.45, 7) is 4.02. The first-order valence-electron chi connectivity index (χ1n) is 5.62. The summed E-state index contributed by atoms with van der Waals surface area (Å²) in [5.41, 5.74) is 0.785. The molecule has 3 nitrogen and oxygen atoms in total. The molecule has 1 rings (SSSR count). The molecule has 1 aromatic rings. The quantitative estimate of drug-likeness (QED) is 0.829. The van der Waals surface area contributed by atoms with Crippen LogP contribution < -0.4 is 10.1 Å². The third-order valence-electron chi connectivity index (χ3n) is 2.51. The van der Waals surface area contributed by atoms with Crippen LogP contribution in [0.3, 0.4) is 0 Å². The van der Waals surface area contributed by atoms with Gasteiger partial charge >= 0.3 is 0 Å². The van der Waals surface area contributed by atoms with E-state index in [1.54, 1.807) is 7.11 Å². The third-order valence-corrected chi connectivity index (χ3v) is 2.51. The minimum absolute atomic E-state index is 0.0520. The van der Waals surface area contributed by atoms with Crippen LogP contribution in [0.15, 0.2) is 24.3 Å². The molecule has 88 valence electrons. The Balaban J connectivity index is 2.61. The normalized spacial score (nSPS) is 11.9. The second-order valence-electron chi connectivity index (χ2n) is 3.91. The molecule has 16 heavy (non-hydrogen) atoms. The Kier molecular flexibility index (Phi) is 4.83. The van der Waals surface area contributed by atoms with E-state index in [0.29, 0.717) is 0 Å². The van der Waals surface area contributed by atoms with Crippen LogP contribution in [0.2, 0.25) is 0 Å². The molecule has 1 amide bonds. The molecule has 0 aliphatic carbocycles. The van der Waals surface area contributed by atoms with Gasteiger partial charge in [0.2, 0.25) is 5.91 Å². The molecule has 0 spiro atoms. The summed E-state index contributed by atoms with van der Waals surface area (Å²) in [6, 6.07) is 7.39. The van der Waals surface area contributed by atoms with Crippen molar-refractivity contribution in [1.29, 1.82) is 0 Å². The van der Waals surface area contributed by atoms with Crippen LogP contribution >= 0.6 is 0 Å². The molecule has 3 heteroatoms. The topological polar surface area (TPSA) is 38.3 Å². The first kappa shape index (κ1) is 12.6. The Bertz CT molecular complexity index is 350. The maximum Gasteiger partial charge on any atom is 0.227 e. The first-order chi connectivity index (χ1) is 7.67. The molecule has 0 bridgehead atoms. The lowest BCUT2D eigenvalue weighted by Crippen LogP contribution is -2.20. The van der Waals surface area contributed by atoms with Crippen LogP contribution in [0.25, 0.3) is 0 Å². The summed E-state index contributed by atoms with van der Waals surface area (Å²) in [6.07, 6.45) is 1.93. The number of benzene rings is 1. The van der Waals surface area contributed by atoms with Gasteiger partial charge in [0.05, 0.1) is 7.11 Å². The van der Waals surface area contributed by atoms with Gasteiger partial charge in [0.1, 0.15) is 5.75 Å². The number of rotatable bonds is 5. The molecule has 1 aromatic carbocycles. The fraction of sp³-hybridized carbons (Fsp3) is 0.462. The molecule has 0 aliphatic rings. The minimum atomic E-state index is 0.0520. The summed E-state index contributed by atoms with van der Waals surface area (Å²) in [4.78, 5) is 11.8. The van der Waals surface area contributed by atoms with Crippen molar-refractivity contribution >= 4 is 11.6 Å². The standard InChI is InChI=1S/C13H19NO2/c1-4-6-10(2)13(15)14-11-7-5-8-12(9-11)16-3/h5,7-10H,4,6H2,1-3H3,(H,14,15)/t10-/m0/s1. The van der Waals surface area contributed by atoms with Crippen molar-refractivity contribution in [3.8, 4) is 5.75 Å². The predicted molar refractivity (Wildman–Crippen MR) is 65.7 cm³/mol. The Morgan fingerprint density at radius 1 is 1.50 bits per heavy atom. The smallest absolute Gasteiger partial charge is 0.227 e. The Labute approximate surface area is 96.8 Å². The predicted octanol–water partition coefficient (Wildman–Crippen LogP) is 3.07. The maximum absolute atomic E-state index is 11.8. The van der Waals surface area contributed by atoms with Gasteiger partial charge in [-0.3, -0.25) is 4.79 Å². The molecule has 0 saturated heterocycles. The third kappa shape index (κ3) is 3.57. The van der Waals surface area contributed by atoms with Crippen LogP contribution in [-0.4, -0.2) is 13.0 Å². The van der Waals surface area contributed by atoms with Gasteiger partial charge < -0.3 is 10.1 Å². The average molecular weight is 221 g/mol. The molecular weight excluding hydrogens is 202 g/mol. The van der Waals surface area contributed by atoms with Gasteiger partial charge in [0, 0.05) is 17.7 Å². The number of carbonyl (C=O) groups excluding carboxylic acids is 1. The number of anilines is 1. The zero-order valence-corrected chi connectivity index (χ0v) is 10.1. The van der Waals surface area contributed by atoms with E-state index in [1.807, 2.05) is 31.2 Å². The van der Waals surface area contributed by atoms with Gasteiger partial charge in [0.15, 0.2) is 0 Å². The lowest BCUT2D eigenvalue weighted by Gasteiger charge is -2.11. The monoisotopic (exact) mass is 221 g/mol. The molecule has 0 radical (unpaired) electrons. The highest BCUT2D eigenvalue weighted by Crippen LogP contribution is 2.18. The number of methoxy groups -OCH3 is 1. The van der Waals surface area contributed by atoms with Crippen molar-refractivity contribution in [2.45, 2.75) is 26.7 Å². The van der Waals surface area contributed by atoms with E-state index in [-0.39, 0.29) is 11.8 Å². The molecule has 0 fully saturated rings. The van der Waals surface area contributed by atoms with E-state index in [1.165, 1.54) is 0 Å². The Morgan fingerprint density at radius 2 is 2.25 bits per heavy atom. The highest BCUT2D eigenvalue weighted by atomic mass is 16.5. The van der Waals surface area contributed by atoms with Crippen molar-refractivity contribution in [2.24, 2.45) is 5.92 Å². The van der Waals surface area contributed by atoms with Crippen LogP contribution in [-0.2, 0) is 4.79 Å². The van der Waals surface area contributed by atoms with Crippen molar-refractivity contribution in [2.75, 3.05) is 12.4 Å². The molecule has 1 atom stereocenters. The van der Waals surface area contributed by atoms with Gasteiger partial charge in [-0.05, 0) is 18.6 Å². The zero-order valence-electron chi connectivity index (χ0n) is 10.1. The van der Waals surface area contributed by atoms with Gasteiger partial charge in [0.25, 0.3) is 0 Å². The molecular formula is C13H19NO2. The van der Waals surface area contributed by atoms with Crippen molar-refractivity contribution in [1.82, 2.24) is 0 Å². The SMILES string of the molecule is CCC[C@H](C)C(=O)Nc1cccc(OC)c1. The molecule has 0 aromatic heterocycles. The van der Waals surface area contributed by atoms with Crippen molar-refractivity contribution in [3.05, 3.63) is 24.3 Å². The number of ether oxygens (including phenoxy) is 1. The van der Waals surface area contributed by atoms with Crippen LogP contribution in [0, 0.1) is 5.92 Å². The van der Waals surface area contributed by atoms with E-state index in [4.69, 9.17) is 4.74 Å². The largest absolute Gasteiger partial charge is 0.497 e. The van der Waals surface area contributed by atoms with Gasteiger partial charge in [-0.2, -0.15) is 0 Å². The molecule has 0 unspecified atom stereocenters. The van der Waals surface area contributed by atoms with E-state index in [0.717, 1.165) is 24.3 Å². The Hall–Kier alpha value is -1.51. The molecule has 0 aliphatic heterocycles. The second-order valence-corrected chi connectivity index (χ2v) is 3.91. The summed E-state index contributed by atoms with van der Waals surface area (Å²) in [7, 11) is 1.61. The lowest BCUT2D eigenvalue weighted by molar-refractivity contribution is -0.119. The van der Waals surface area contributed by atoms with Crippen LogP contribution in [0.1, 0.15) is 26.7 Å². The van der Waals surface area contributed by atoms with Gasteiger partial charge in [-0.25, -0.2) is 0 Å². The van der Waals surface area contributed by atoms with E-state index in [2.05, 4.69) is 12.2 Å². The highest BCUT2D eigenvalue weighted by Gasteiger charge is 2.11. The molecule has 0 saturated carbocycles. The second kappa shape index (κ2) is 6.16. The van der Waals surface area contributed by atoms with Crippen LogP contribution in [0.4, 0.5) is 5.69 Å². The molecule has 1 N–H and O–H groups in total. The number of nitrogens with one attached hydrogen (secondary N) is 1. The van der Waals surface area contributed by atoms with Crippen molar-refractivity contribution < 1.29 is 9.53 Å². The molecule has 0 heterocycles. The number of hydrogen-bond donors (Lipinski definition) is 1. The summed E-state index contributed by atoms with van der Waals surface area (Å²) in [5.74, 6) is 0.868. The average Bonchev–Trinajstić information content (AvgIpc) is 2.29. The van der Waals surface area contributed by atoms with Crippen LogP contribution in [0.5, 0.6) is 5.75 Å².